The molecule has 0 saturated heterocycles. The highest BCUT2D eigenvalue weighted by Crippen LogP contribution is 2.42. The summed E-state index contributed by atoms with van der Waals surface area (Å²) in [7, 11) is 0. The van der Waals surface area contributed by atoms with Crippen LogP contribution in [0, 0.1) is 5.41 Å². The van der Waals surface area contributed by atoms with Crippen LogP contribution in [0.2, 0.25) is 0 Å². The maximum atomic E-state index is 7.06. The third-order valence-electron chi connectivity index (χ3n) is 2.44. The molecule has 2 aromatic rings. The van der Waals surface area contributed by atoms with Crippen LogP contribution < -0.4 is 16.4 Å². The lowest BCUT2D eigenvalue weighted by atomic mass is 10.3. The molecule has 6 nitrogen and oxygen atoms in total. The highest BCUT2D eigenvalue weighted by molar-refractivity contribution is 9.15. The summed E-state index contributed by atoms with van der Waals surface area (Å²) in [5.41, 5.74) is 6.90. The van der Waals surface area contributed by atoms with Crippen LogP contribution in [-0.2, 0) is 0 Å². The summed E-state index contributed by atoms with van der Waals surface area (Å²) in [5, 5.41) is 12.9. The lowest BCUT2D eigenvalue weighted by molar-refractivity contribution is 0.885. The number of imidazole rings is 1. The normalized spacial score (nSPS) is 10.8. The Morgan fingerprint density at radius 2 is 1.75 bits per heavy atom. The summed E-state index contributed by atoms with van der Waals surface area (Å²) in [5.74, 6) is 0.603. The first kappa shape index (κ1) is 16.1. The Morgan fingerprint density at radius 3 is 2.40 bits per heavy atom. The molecule has 0 aliphatic rings. The molecule has 0 amide bonds. The number of nitrogens with one attached hydrogen (secondary N) is 4. The molecule has 1 aromatic heterocycles. The average molecular weight is 534 g/mol. The Bertz CT molecular complexity index is 623. The molecular weight excluding hydrogens is 524 g/mol. The molecule has 0 spiro atoms. The summed E-state index contributed by atoms with van der Waals surface area (Å²) in [6.45, 7) is 1.14. The van der Waals surface area contributed by atoms with Gasteiger partial charge in [0.25, 0.3) is 0 Å². The number of hydrogen-bond donors (Lipinski definition) is 5. The molecule has 0 bridgehead atoms. The monoisotopic (exact) mass is 530 g/mol. The highest BCUT2D eigenvalue weighted by atomic mass is 79.9. The topological polar surface area (TPSA) is 103 Å². The molecule has 0 atom stereocenters. The number of nitrogens with two attached hydrogens (primary N) is 1. The van der Waals surface area contributed by atoms with Gasteiger partial charge in [-0.1, -0.05) is 0 Å². The molecule has 6 N–H and O–H groups in total. The van der Waals surface area contributed by atoms with Gasteiger partial charge in [-0.2, -0.15) is 0 Å². The van der Waals surface area contributed by atoms with Gasteiger partial charge >= 0.3 is 0 Å². The van der Waals surface area contributed by atoms with Crippen molar-refractivity contribution in [2.24, 2.45) is 5.73 Å². The predicted molar refractivity (Wildman–Crippen MR) is 95.3 cm³/mol. The third kappa shape index (κ3) is 3.29. The third-order valence-corrected chi connectivity index (χ3v) is 7.19. The number of anilines is 1. The summed E-state index contributed by atoms with van der Waals surface area (Å²) < 4.78 is 3.57. The molecule has 0 aliphatic carbocycles. The van der Waals surface area contributed by atoms with Crippen LogP contribution in [0.5, 0.6) is 0 Å². The van der Waals surface area contributed by atoms with E-state index in [0.29, 0.717) is 19.0 Å². The number of hydrogen-bond acceptors (Lipinski definition) is 3. The van der Waals surface area contributed by atoms with E-state index >= 15 is 0 Å². The van der Waals surface area contributed by atoms with Crippen molar-refractivity contribution in [3.05, 3.63) is 17.9 Å². The number of H-pyrrole nitrogens is 1. The zero-order chi connectivity index (χ0) is 14.9. The number of aromatic amines is 1. The Labute approximate surface area is 148 Å². The summed E-state index contributed by atoms with van der Waals surface area (Å²) in [6.07, 6.45) is 0. The summed E-state index contributed by atoms with van der Waals surface area (Å²) in [6, 6.07) is 0. The van der Waals surface area contributed by atoms with E-state index in [1.165, 1.54) is 0 Å². The number of rotatable bonds is 4. The van der Waals surface area contributed by atoms with Gasteiger partial charge in [0.05, 0.1) is 14.5 Å². The first-order chi connectivity index (χ1) is 9.41. The van der Waals surface area contributed by atoms with E-state index in [4.69, 9.17) is 11.1 Å². The van der Waals surface area contributed by atoms with Gasteiger partial charge in [0.15, 0.2) is 5.96 Å². The standard InChI is InChI=1S/C10H10Br4N6/c11-3-4(12)6(14)8-7(5(3)13)19-10(20-8)18-2-1-17-9(15)16/h1-2H2,(H4,15,16,17)(H2,18,19,20). The smallest absolute Gasteiger partial charge is 0.201 e. The Balaban J connectivity index is 2.23. The van der Waals surface area contributed by atoms with Crippen molar-refractivity contribution in [3.8, 4) is 0 Å². The summed E-state index contributed by atoms with van der Waals surface area (Å²) in [4.78, 5) is 7.68. The van der Waals surface area contributed by atoms with E-state index in [1.54, 1.807) is 0 Å². The van der Waals surface area contributed by atoms with E-state index in [2.05, 4.69) is 84.3 Å². The van der Waals surface area contributed by atoms with Gasteiger partial charge in [-0.25, -0.2) is 4.98 Å². The maximum Gasteiger partial charge on any atom is 0.201 e. The van der Waals surface area contributed by atoms with Gasteiger partial charge in [-0.3, -0.25) is 5.41 Å². The van der Waals surface area contributed by atoms with Crippen molar-refractivity contribution in [2.75, 3.05) is 18.4 Å². The van der Waals surface area contributed by atoms with E-state index in [1.807, 2.05) is 0 Å². The number of benzene rings is 1. The molecule has 10 heteroatoms. The van der Waals surface area contributed by atoms with Crippen LogP contribution in [-0.4, -0.2) is 29.0 Å². The molecule has 20 heavy (non-hydrogen) atoms. The first-order valence-electron chi connectivity index (χ1n) is 5.45. The zero-order valence-electron chi connectivity index (χ0n) is 9.95. The minimum absolute atomic E-state index is 0.0465. The van der Waals surface area contributed by atoms with Gasteiger partial charge in [0.2, 0.25) is 5.95 Å². The second-order valence-electron chi connectivity index (χ2n) is 3.83. The molecule has 2 rings (SSSR count). The van der Waals surface area contributed by atoms with Crippen molar-refractivity contribution >= 4 is 86.7 Å². The van der Waals surface area contributed by atoms with Crippen LogP contribution in [0.3, 0.4) is 0 Å². The minimum atomic E-state index is -0.0465. The molecule has 0 saturated carbocycles. The largest absolute Gasteiger partial charge is 0.370 e. The van der Waals surface area contributed by atoms with Crippen molar-refractivity contribution in [1.29, 1.82) is 5.41 Å². The second kappa shape index (κ2) is 6.63. The molecule has 1 aromatic carbocycles. The van der Waals surface area contributed by atoms with E-state index in [-0.39, 0.29) is 5.96 Å². The number of fused-ring (bicyclic) bond motifs is 1. The SMILES string of the molecule is N=C(N)NCCNc1nc2c(Br)c(Br)c(Br)c(Br)c2[nH]1. The van der Waals surface area contributed by atoms with Crippen LogP contribution in [0.25, 0.3) is 11.0 Å². The second-order valence-corrected chi connectivity index (χ2v) is 7.00. The molecule has 0 fully saturated rings. The van der Waals surface area contributed by atoms with Crippen molar-refractivity contribution in [3.63, 3.8) is 0 Å². The maximum absolute atomic E-state index is 7.06. The minimum Gasteiger partial charge on any atom is -0.370 e. The van der Waals surface area contributed by atoms with Gasteiger partial charge < -0.3 is 21.4 Å². The quantitative estimate of drug-likeness (QED) is 0.136. The number of aromatic nitrogens is 2. The van der Waals surface area contributed by atoms with E-state index < -0.39 is 0 Å². The fourth-order valence-corrected chi connectivity index (χ4v) is 3.84. The fraction of sp³-hybridized carbons (Fsp3) is 0.200. The molecule has 0 radical (unpaired) electrons. The number of nitrogens with zero attached hydrogens (tertiary/aromatic N) is 1. The van der Waals surface area contributed by atoms with Gasteiger partial charge in [0, 0.05) is 22.0 Å². The highest BCUT2D eigenvalue weighted by Gasteiger charge is 2.17. The average Bonchev–Trinajstić information content (AvgIpc) is 2.83. The first-order valence-corrected chi connectivity index (χ1v) is 8.62. The number of halogens is 4. The molecular formula is C10H10Br4N6. The van der Waals surface area contributed by atoms with Crippen LogP contribution in [0.4, 0.5) is 5.95 Å². The van der Waals surface area contributed by atoms with E-state index in [0.717, 1.165) is 28.9 Å². The molecule has 1 heterocycles. The zero-order valence-corrected chi connectivity index (χ0v) is 16.3. The van der Waals surface area contributed by atoms with Gasteiger partial charge in [-0.05, 0) is 63.7 Å². The molecule has 0 aliphatic heterocycles. The van der Waals surface area contributed by atoms with Crippen LogP contribution in [0.15, 0.2) is 17.9 Å². The fourth-order valence-electron chi connectivity index (χ4n) is 1.56. The van der Waals surface area contributed by atoms with Crippen molar-refractivity contribution < 1.29 is 0 Å². The van der Waals surface area contributed by atoms with Crippen molar-refractivity contribution in [2.45, 2.75) is 0 Å². The van der Waals surface area contributed by atoms with Crippen molar-refractivity contribution in [1.82, 2.24) is 15.3 Å². The molecule has 0 unspecified atom stereocenters. The Kier molecular flexibility index (Phi) is 5.32. The predicted octanol–water partition coefficient (Wildman–Crippen LogP) is 3.51. The Hall–Kier alpha value is -0.320. The van der Waals surface area contributed by atoms with Crippen LogP contribution >= 0.6 is 63.7 Å². The van der Waals surface area contributed by atoms with Gasteiger partial charge in [0.1, 0.15) is 5.52 Å². The molecule has 108 valence electrons. The van der Waals surface area contributed by atoms with E-state index in [9.17, 15) is 0 Å². The van der Waals surface area contributed by atoms with Gasteiger partial charge in [-0.15, -0.1) is 0 Å². The summed E-state index contributed by atoms with van der Waals surface area (Å²) >= 11 is 14.0. The lowest BCUT2D eigenvalue weighted by Crippen LogP contribution is -2.33. The lowest BCUT2D eigenvalue weighted by Gasteiger charge is -2.04. The number of guanidine groups is 1. The van der Waals surface area contributed by atoms with Crippen LogP contribution in [0.1, 0.15) is 0 Å². The Morgan fingerprint density at radius 1 is 1.10 bits per heavy atom.